The molecule has 0 aliphatic carbocycles. The Bertz CT molecular complexity index is 634. The first-order valence-electron chi connectivity index (χ1n) is 6.83. The molecule has 0 aliphatic rings. The summed E-state index contributed by atoms with van der Waals surface area (Å²) in [4.78, 5) is 16.0. The molecule has 22 heavy (non-hydrogen) atoms. The van der Waals surface area contributed by atoms with Crippen molar-refractivity contribution in [3.63, 3.8) is 0 Å². The van der Waals surface area contributed by atoms with Crippen LogP contribution in [0.2, 0.25) is 5.02 Å². The van der Waals surface area contributed by atoms with E-state index in [1.807, 2.05) is 17.7 Å². The first kappa shape index (κ1) is 16.3. The summed E-state index contributed by atoms with van der Waals surface area (Å²) in [6.07, 6.45) is 4.44. The second-order valence-corrected chi connectivity index (χ2v) is 5.41. The molecule has 0 bridgehead atoms. The van der Waals surface area contributed by atoms with Crippen LogP contribution in [0.5, 0.6) is 5.75 Å². The van der Waals surface area contributed by atoms with Gasteiger partial charge in [0.1, 0.15) is 11.6 Å². The molecule has 0 unspecified atom stereocenters. The average Bonchev–Trinajstić information content (AvgIpc) is 2.94. The molecule has 0 aliphatic heterocycles. The first-order valence-corrected chi connectivity index (χ1v) is 7.21. The topological polar surface area (TPSA) is 56.2 Å². The summed E-state index contributed by atoms with van der Waals surface area (Å²) in [7, 11) is 0. The highest BCUT2D eigenvalue weighted by Gasteiger charge is 2.18. The standard InChI is InChI=1S/C15H17ClFN3O2/c1-10(8-20-6-5-18-9-20)19-15(21)11(2)22-14-4-3-12(17)7-13(14)16/h3-7,9-11H,8H2,1-2H3,(H,19,21)/t10-,11+/m0/s1. The minimum Gasteiger partial charge on any atom is -0.479 e. The molecule has 7 heteroatoms. The number of carbonyl (C=O) groups is 1. The van der Waals surface area contributed by atoms with Crippen LogP contribution in [0.25, 0.3) is 0 Å². The van der Waals surface area contributed by atoms with Gasteiger partial charge in [0.25, 0.3) is 5.91 Å². The third-order valence-electron chi connectivity index (χ3n) is 3.00. The smallest absolute Gasteiger partial charge is 0.261 e. The Kier molecular flexibility index (Phi) is 5.38. The molecule has 2 aromatic rings. The van der Waals surface area contributed by atoms with Gasteiger partial charge in [-0.15, -0.1) is 0 Å². The van der Waals surface area contributed by atoms with Gasteiger partial charge in [0, 0.05) is 25.0 Å². The number of ether oxygens (including phenoxy) is 1. The summed E-state index contributed by atoms with van der Waals surface area (Å²) in [6.45, 7) is 4.10. The minimum atomic E-state index is -0.742. The number of nitrogens with zero attached hydrogens (tertiary/aromatic N) is 2. The van der Waals surface area contributed by atoms with Crippen molar-refractivity contribution in [2.75, 3.05) is 0 Å². The lowest BCUT2D eigenvalue weighted by molar-refractivity contribution is -0.127. The van der Waals surface area contributed by atoms with E-state index < -0.39 is 11.9 Å². The molecule has 0 saturated carbocycles. The van der Waals surface area contributed by atoms with E-state index in [0.717, 1.165) is 6.07 Å². The molecular formula is C15H17ClFN3O2. The number of nitrogens with one attached hydrogen (secondary N) is 1. The van der Waals surface area contributed by atoms with Crippen molar-refractivity contribution >= 4 is 17.5 Å². The van der Waals surface area contributed by atoms with E-state index in [4.69, 9.17) is 16.3 Å². The molecular weight excluding hydrogens is 309 g/mol. The van der Waals surface area contributed by atoms with Crippen LogP contribution in [0.4, 0.5) is 4.39 Å². The Morgan fingerprint density at radius 3 is 2.91 bits per heavy atom. The van der Waals surface area contributed by atoms with Crippen LogP contribution >= 0.6 is 11.6 Å². The summed E-state index contributed by atoms with van der Waals surface area (Å²) in [5.41, 5.74) is 0. The van der Waals surface area contributed by atoms with Crippen molar-refractivity contribution < 1.29 is 13.9 Å². The lowest BCUT2D eigenvalue weighted by atomic mass is 10.3. The molecule has 1 heterocycles. The molecule has 0 saturated heterocycles. The highest BCUT2D eigenvalue weighted by molar-refractivity contribution is 6.32. The first-order chi connectivity index (χ1) is 10.5. The van der Waals surface area contributed by atoms with Crippen LogP contribution in [-0.4, -0.2) is 27.6 Å². The van der Waals surface area contributed by atoms with Gasteiger partial charge in [0.05, 0.1) is 11.3 Å². The van der Waals surface area contributed by atoms with Gasteiger partial charge in [-0.1, -0.05) is 11.6 Å². The van der Waals surface area contributed by atoms with Gasteiger partial charge in [0.2, 0.25) is 0 Å². The van der Waals surface area contributed by atoms with Gasteiger partial charge < -0.3 is 14.6 Å². The Balaban J connectivity index is 1.88. The third-order valence-corrected chi connectivity index (χ3v) is 3.29. The molecule has 2 atom stereocenters. The molecule has 5 nitrogen and oxygen atoms in total. The van der Waals surface area contributed by atoms with Crippen LogP contribution < -0.4 is 10.1 Å². The van der Waals surface area contributed by atoms with Crippen LogP contribution in [0.3, 0.4) is 0 Å². The normalized spacial score (nSPS) is 13.5. The molecule has 0 fully saturated rings. The van der Waals surface area contributed by atoms with Crippen LogP contribution in [0.15, 0.2) is 36.9 Å². The fraction of sp³-hybridized carbons (Fsp3) is 0.333. The van der Waals surface area contributed by atoms with Gasteiger partial charge in [-0.2, -0.15) is 0 Å². The summed E-state index contributed by atoms with van der Waals surface area (Å²) in [5.74, 6) is -0.454. The van der Waals surface area contributed by atoms with E-state index in [9.17, 15) is 9.18 Å². The van der Waals surface area contributed by atoms with E-state index in [1.54, 1.807) is 19.4 Å². The molecule has 1 N–H and O–H groups in total. The zero-order valence-electron chi connectivity index (χ0n) is 12.3. The highest BCUT2D eigenvalue weighted by atomic mass is 35.5. The summed E-state index contributed by atoms with van der Waals surface area (Å²) < 4.78 is 20.3. The molecule has 1 aromatic heterocycles. The van der Waals surface area contributed by atoms with Crippen LogP contribution in [-0.2, 0) is 11.3 Å². The predicted octanol–water partition coefficient (Wildman–Crippen LogP) is 2.65. The van der Waals surface area contributed by atoms with Gasteiger partial charge in [-0.25, -0.2) is 9.37 Å². The average molecular weight is 326 g/mol. The van der Waals surface area contributed by atoms with Crippen molar-refractivity contribution in [1.82, 2.24) is 14.9 Å². The lowest BCUT2D eigenvalue weighted by Crippen LogP contribution is -2.42. The second kappa shape index (κ2) is 7.26. The Morgan fingerprint density at radius 2 is 2.27 bits per heavy atom. The summed E-state index contributed by atoms with van der Waals surface area (Å²) in [5, 5.41) is 2.97. The second-order valence-electron chi connectivity index (χ2n) is 5.00. The number of hydrogen-bond acceptors (Lipinski definition) is 3. The van der Waals surface area contributed by atoms with Crippen molar-refractivity contribution in [2.24, 2.45) is 0 Å². The number of amides is 1. The molecule has 0 radical (unpaired) electrons. The quantitative estimate of drug-likeness (QED) is 0.888. The number of hydrogen-bond donors (Lipinski definition) is 1. The van der Waals surface area contributed by atoms with Crippen molar-refractivity contribution in [2.45, 2.75) is 32.5 Å². The molecule has 1 amide bonds. The number of rotatable bonds is 6. The number of halogens is 2. The SMILES string of the molecule is C[C@@H](Cn1ccnc1)NC(=O)[C@@H](C)Oc1ccc(F)cc1Cl. The highest BCUT2D eigenvalue weighted by Crippen LogP contribution is 2.25. The van der Waals surface area contributed by atoms with E-state index >= 15 is 0 Å². The maximum atomic E-state index is 13.0. The largest absolute Gasteiger partial charge is 0.479 e. The molecule has 2 rings (SSSR count). The van der Waals surface area contributed by atoms with E-state index in [0.29, 0.717) is 6.54 Å². The summed E-state index contributed by atoms with van der Waals surface area (Å²) in [6, 6.07) is 3.68. The van der Waals surface area contributed by atoms with Crippen molar-refractivity contribution in [3.8, 4) is 5.75 Å². The van der Waals surface area contributed by atoms with Gasteiger partial charge in [0.15, 0.2) is 6.10 Å². The maximum absolute atomic E-state index is 13.0. The van der Waals surface area contributed by atoms with E-state index in [-0.39, 0.29) is 22.7 Å². The third kappa shape index (κ3) is 4.46. The van der Waals surface area contributed by atoms with Gasteiger partial charge >= 0.3 is 0 Å². The van der Waals surface area contributed by atoms with Crippen molar-refractivity contribution in [3.05, 3.63) is 47.8 Å². The van der Waals surface area contributed by atoms with Gasteiger partial charge in [-0.3, -0.25) is 4.79 Å². The molecule has 1 aromatic carbocycles. The lowest BCUT2D eigenvalue weighted by Gasteiger charge is -2.19. The summed E-state index contributed by atoms with van der Waals surface area (Å²) >= 11 is 5.87. The minimum absolute atomic E-state index is 0.0866. The Morgan fingerprint density at radius 1 is 1.50 bits per heavy atom. The van der Waals surface area contributed by atoms with Crippen molar-refractivity contribution in [1.29, 1.82) is 0 Å². The number of imidazole rings is 1. The number of aromatic nitrogens is 2. The zero-order chi connectivity index (χ0) is 16.1. The van der Waals surface area contributed by atoms with E-state index in [1.165, 1.54) is 12.1 Å². The monoisotopic (exact) mass is 325 g/mol. The Hall–Kier alpha value is -2.08. The molecule has 118 valence electrons. The molecule has 0 spiro atoms. The maximum Gasteiger partial charge on any atom is 0.261 e. The fourth-order valence-corrected chi connectivity index (χ4v) is 2.14. The van der Waals surface area contributed by atoms with Gasteiger partial charge in [-0.05, 0) is 32.0 Å². The number of carbonyl (C=O) groups excluding carboxylic acids is 1. The number of benzene rings is 1. The fourth-order valence-electron chi connectivity index (χ4n) is 1.93. The van der Waals surface area contributed by atoms with E-state index in [2.05, 4.69) is 10.3 Å². The Labute approximate surface area is 133 Å². The van der Waals surface area contributed by atoms with Crippen LogP contribution in [0, 0.1) is 5.82 Å². The predicted molar refractivity (Wildman–Crippen MR) is 81.3 cm³/mol. The zero-order valence-corrected chi connectivity index (χ0v) is 13.0. The van der Waals surface area contributed by atoms with Crippen LogP contribution in [0.1, 0.15) is 13.8 Å².